The number of carbonyl (C=O) groups is 1. The monoisotopic (exact) mass is 203 g/mol. The number of primary amides is 1. The topological polar surface area (TPSA) is 76.1 Å². The molecular formula is C11H11N2O2. The molecule has 0 aromatic heterocycles. The Hall–Kier alpha value is -1.86. The third kappa shape index (κ3) is 3.79. The Morgan fingerprint density at radius 2 is 2.07 bits per heavy atom. The minimum atomic E-state index is -0.688. The van der Waals surface area contributed by atoms with E-state index in [4.69, 9.17) is 15.7 Å². The molecule has 77 valence electrons. The normalized spacial score (nSPS) is 9.87. The number of nitriles is 1. The van der Waals surface area contributed by atoms with Crippen molar-refractivity contribution < 1.29 is 9.53 Å². The second kappa shape index (κ2) is 5.78. The number of carbonyl (C=O) groups excluding carboxylic acids is 1. The Kier molecular flexibility index (Phi) is 4.32. The molecule has 4 nitrogen and oxygen atoms in total. The number of rotatable bonds is 5. The highest BCUT2D eigenvalue weighted by atomic mass is 16.5. The van der Waals surface area contributed by atoms with Crippen molar-refractivity contribution in [3.63, 3.8) is 0 Å². The first kappa shape index (κ1) is 11.2. The first-order chi connectivity index (χ1) is 7.24. The number of ether oxygens (including phenoxy) is 1. The highest BCUT2D eigenvalue weighted by molar-refractivity contribution is 5.86. The minimum Gasteiger partial charge on any atom is -0.367 e. The second-order valence-electron chi connectivity index (χ2n) is 2.90. The third-order valence-electron chi connectivity index (χ3n) is 1.77. The summed E-state index contributed by atoms with van der Waals surface area (Å²) in [5, 5.41) is 8.42. The summed E-state index contributed by atoms with van der Waals surface area (Å²) >= 11 is 0. The van der Waals surface area contributed by atoms with E-state index in [2.05, 4.69) is 0 Å². The molecule has 2 N–H and O–H groups in total. The van der Waals surface area contributed by atoms with Gasteiger partial charge in [0.1, 0.15) is 0 Å². The zero-order valence-electron chi connectivity index (χ0n) is 8.14. The summed E-state index contributed by atoms with van der Waals surface area (Å²) in [6, 6.07) is 11.2. The fourth-order valence-corrected chi connectivity index (χ4v) is 1.03. The van der Waals surface area contributed by atoms with Crippen molar-refractivity contribution in [2.45, 2.75) is 13.0 Å². The maximum Gasteiger partial charge on any atom is 0.254 e. The summed E-state index contributed by atoms with van der Waals surface area (Å²) in [5.41, 5.74) is 5.96. The van der Waals surface area contributed by atoms with E-state index in [9.17, 15) is 4.79 Å². The van der Waals surface area contributed by atoms with E-state index in [1.165, 1.54) is 0 Å². The summed E-state index contributed by atoms with van der Waals surface area (Å²) < 4.78 is 5.15. The molecule has 1 rings (SSSR count). The van der Waals surface area contributed by atoms with Crippen LogP contribution in [-0.2, 0) is 16.1 Å². The molecule has 0 bridgehead atoms. The van der Waals surface area contributed by atoms with Crippen LogP contribution in [0.2, 0.25) is 0 Å². The van der Waals surface area contributed by atoms with Crippen LogP contribution in [0.4, 0.5) is 0 Å². The van der Waals surface area contributed by atoms with Gasteiger partial charge in [-0.25, -0.2) is 0 Å². The van der Waals surface area contributed by atoms with Crippen LogP contribution < -0.4 is 5.73 Å². The highest BCUT2D eigenvalue weighted by Crippen LogP contribution is 2.10. The molecule has 0 fully saturated rings. The molecule has 0 atom stereocenters. The number of amides is 1. The van der Waals surface area contributed by atoms with Crippen LogP contribution in [-0.4, -0.2) is 5.91 Å². The predicted octanol–water partition coefficient (Wildman–Crippen LogP) is 1.13. The van der Waals surface area contributed by atoms with Gasteiger partial charge in [-0.2, -0.15) is 5.26 Å². The SMILES string of the molecule is N#CC[C](OCc1ccccc1)C(N)=O. The van der Waals surface area contributed by atoms with E-state index < -0.39 is 5.91 Å². The molecule has 1 radical (unpaired) electrons. The van der Waals surface area contributed by atoms with Gasteiger partial charge >= 0.3 is 0 Å². The zero-order valence-corrected chi connectivity index (χ0v) is 8.14. The van der Waals surface area contributed by atoms with Crippen LogP contribution in [0.1, 0.15) is 12.0 Å². The second-order valence-corrected chi connectivity index (χ2v) is 2.90. The number of nitrogens with zero attached hydrogens (tertiary/aromatic N) is 1. The summed E-state index contributed by atoms with van der Waals surface area (Å²) in [6.07, 6.45) is -0.0938. The zero-order chi connectivity index (χ0) is 11.1. The Balaban J connectivity index is 2.48. The van der Waals surface area contributed by atoms with Gasteiger partial charge < -0.3 is 10.5 Å². The molecule has 4 heteroatoms. The predicted molar refractivity (Wildman–Crippen MR) is 53.9 cm³/mol. The summed E-state index contributed by atoms with van der Waals surface area (Å²) in [7, 11) is 0. The maximum absolute atomic E-state index is 10.8. The lowest BCUT2D eigenvalue weighted by molar-refractivity contribution is -0.122. The lowest BCUT2D eigenvalue weighted by atomic mass is 10.2. The first-order valence-electron chi connectivity index (χ1n) is 4.43. The van der Waals surface area contributed by atoms with E-state index >= 15 is 0 Å². The molecule has 0 saturated heterocycles. The molecular weight excluding hydrogens is 192 g/mol. The molecule has 0 aliphatic rings. The van der Waals surface area contributed by atoms with Gasteiger partial charge in [0.05, 0.1) is 19.1 Å². The number of nitrogens with two attached hydrogens (primary N) is 1. The van der Waals surface area contributed by atoms with Gasteiger partial charge in [-0.05, 0) is 5.56 Å². The number of hydrogen-bond donors (Lipinski definition) is 1. The molecule has 1 aromatic carbocycles. The van der Waals surface area contributed by atoms with Gasteiger partial charge in [-0.3, -0.25) is 4.79 Å². The van der Waals surface area contributed by atoms with Crippen molar-refractivity contribution in [1.82, 2.24) is 0 Å². The van der Waals surface area contributed by atoms with Crippen molar-refractivity contribution in [2.24, 2.45) is 5.73 Å². The average molecular weight is 203 g/mol. The molecule has 0 aliphatic carbocycles. The Morgan fingerprint density at radius 1 is 1.40 bits per heavy atom. The standard InChI is InChI=1S/C11H11N2O2/c12-7-6-10(11(13)14)15-8-9-4-2-1-3-5-9/h1-5H,6,8H2,(H2,13,14). The van der Waals surface area contributed by atoms with Crippen molar-refractivity contribution in [1.29, 1.82) is 5.26 Å². The van der Waals surface area contributed by atoms with Gasteiger partial charge in [0.25, 0.3) is 5.91 Å². The Morgan fingerprint density at radius 3 is 2.60 bits per heavy atom. The fraction of sp³-hybridized carbons (Fsp3) is 0.182. The summed E-state index contributed by atoms with van der Waals surface area (Å²) in [5.74, 6) is -0.688. The van der Waals surface area contributed by atoms with Crippen LogP contribution in [0.3, 0.4) is 0 Å². The van der Waals surface area contributed by atoms with Crippen molar-refractivity contribution in [3.8, 4) is 6.07 Å². The lowest BCUT2D eigenvalue weighted by Gasteiger charge is -2.09. The van der Waals surface area contributed by atoms with Crippen molar-refractivity contribution >= 4 is 5.91 Å². The highest BCUT2D eigenvalue weighted by Gasteiger charge is 2.16. The van der Waals surface area contributed by atoms with Gasteiger partial charge in [0.15, 0.2) is 6.10 Å². The van der Waals surface area contributed by atoms with Crippen LogP contribution >= 0.6 is 0 Å². The van der Waals surface area contributed by atoms with E-state index in [0.29, 0.717) is 0 Å². The smallest absolute Gasteiger partial charge is 0.254 e. The van der Waals surface area contributed by atoms with E-state index in [0.717, 1.165) is 5.56 Å². The summed E-state index contributed by atoms with van der Waals surface area (Å²) in [4.78, 5) is 10.8. The van der Waals surface area contributed by atoms with Crippen molar-refractivity contribution in [3.05, 3.63) is 42.0 Å². The minimum absolute atomic E-state index is 0.00125. The van der Waals surface area contributed by atoms with Crippen LogP contribution in [0.25, 0.3) is 0 Å². The molecule has 0 saturated carbocycles. The van der Waals surface area contributed by atoms with Gasteiger partial charge in [-0.1, -0.05) is 30.3 Å². The number of hydrogen-bond acceptors (Lipinski definition) is 3. The lowest BCUT2D eigenvalue weighted by Crippen LogP contribution is -2.23. The van der Waals surface area contributed by atoms with Gasteiger partial charge in [-0.15, -0.1) is 0 Å². The van der Waals surface area contributed by atoms with Gasteiger partial charge in [0, 0.05) is 0 Å². The Labute approximate surface area is 88.3 Å². The maximum atomic E-state index is 10.8. The van der Waals surface area contributed by atoms with Crippen LogP contribution in [0.5, 0.6) is 0 Å². The van der Waals surface area contributed by atoms with E-state index in [-0.39, 0.29) is 19.1 Å². The van der Waals surface area contributed by atoms with Crippen LogP contribution in [0.15, 0.2) is 30.3 Å². The molecule has 0 heterocycles. The summed E-state index contributed by atoms with van der Waals surface area (Å²) in [6.45, 7) is 0.251. The molecule has 0 spiro atoms. The fourth-order valence-electron chi connectivity index (χ4n) is 1.03. The van der Waals surface area contributed by atoms with Crippen molar-refractivity contribution in [2.75, 3.05) is 0 Å². The van der Waals surface area contributed by atoms with E-state index in [1.54, 1.807) is 0 Å². The Bertz CT molecular complexity index is 357. The largest absolute Gasteiger partial charge is 0.367 e. The quantitative estimate of drug-likeness (QED) is 0.779. The third-order valence-corrected chi connectivity index (χ3v) is 1.77. The van der Waals surface area contributed by atoms with Gasteiger partial charge in [0.2, 0.25) is 0 Å². The average Bonchev–Trinajstić information content (AvgIpc) is 2.25. The molecule has 0 aliphatic heterocycles. The molecule has 0 unspecified atom stereocenters. The van der Waals surface area contributed by atoms with E-state index in [1.807, 2.05) is 36.4 Å². The molecule has 15 heavy (non-hydrogen) atoms. The number of benzene rings is 1. The molecule has 1 aromatic rings. The molecule has 1 amide bonds. The van der Waals surface area contributed by atoms with Crippen LogP contribution in [0, 0.1) is 17.4 Å². The first-order valence-corrected chi connectivity index (χ1v) is 4.43.